The normalized spacial score (nSPS) is 15.1. The molecule has 1 aliphatic carbocycles. The average molecular weight is 244 g/mol. The number of rotatable bonds is 10. The average Bonchev–Trinajstić information content (AvgIpc) is 3.13. The van der Waals surface area contributed by atoms with E-state index in [0.717, 1.165) is 45.5 Å². The second-order valence-corrected chi connectivity index (χ2v) is 6.66. The van der Waals surface area contributed by atoms with Gasteiger partial charge in [-0.1, -0.05) is 26.8 Å². The van der Waals surface area contributed by atoms with Gasteiger partial charge in [-0.05, 0) is 25.7 Å². The van der Waals surface area contributed by atoms with Crippen LogP contribution in [0, 0.1) is 0 Å². The van der Waals surface area contributed by atoms with E-state index in [9.17, 15) is 0 Å². The molecule has 1 aliphatic rings. The summed E-state index contributed by atoms with van der Waals surface area (Å²) in [6, 6.07) is 0. The van der Waals surface area contributed by atoms with Crippen molar-refractivity contribution >= 4 is 8.80 Å². The first kappa shape index (κ1) is 13.9. The van der Waals surface area contributed by atoms with Crippen molar-refractivity contribution in [3.05, 3.63) is 11.3 Å². The summed E-state index contributed by atoms with van der Waals surface area (Å²) in [5.74, 6) is 0. The van der Waals surface area contributed by atoms with Crippen molar-refractivity contribution in [1.82, 2.24) is 0 Å². The van der Waals surface area contributed by atoms with Crippen molar-refractivity contribution in [2.24, 2.45) is 0 Å². The maximum absolute atomic E-state index is 5.93. The zero-order valence-electron chi connectivity index (χ0n) is 10.8. The van der Waals surface area contributed by atoms with Gasteiger partial charge in [-0.15, -0.1) is 0 Å². The summed E-state index contributed by atoms with van der Waals surface area (Å²) < 4.78 is 17.8. The third-order valence-electron chi connectivity index (χ3n) is 2.29. The third kappa shape index (κ3) is 4.01. The summed E-state index contributed by atoms with van der Waals surface area (Å²) in [6.07, 6.45) is 6.21. The zero-order chi connectivity index (χ0) is 11.9. The highest BCUT2D eigenvalue weighted by Gasteiger charge is 2.48. The summed E-state index contributed by atoms with van der Waals surface area (Å²) in [5, 5.41) is 1.28. The summed E-state index contributed by atoms with van der Waals surface area (Å²) in [6.45, 7) is 8.53. The fraction of sp³-hybridized carbons (Fsp3) is 0.833. The number of hydrogen-bond donors (Lipinski definition) is 0. The van der Waals surface area contributed by atoms with E-state index in [0.29, 0.717) is 0 Å². The summed E-state index contributed by atoms with van der Waals surface area (Å²) in [4.78, 5) is 0. The van der Waals surface area contributed by atoms with Crippen LogP contribution in [0.3, 0.4) is 0 Å². The quantitative estimate of drug-likeness (QED) is 0.553. The topological polar surface area (TPSA) is 27.7 Å². The first-order chi connectivity index (χ1) is 7.79. The molecular formula is C12H24O3Si. The minimum atomic E-state index is -2.46. The monoisotopic (exact) mass is 244 g/mol. The van der Waals surface area contributed by atoms with Crippen LogP contribution >= 0.6 is 0 Å². The van der Waals surface area contributed by atoms with Gasteiger partial charge in [-0.3, -0.25) is 0 Å². The molecule has 0 aromatic heterocycles. The molecule has 0 aromatic rings. The molecule has 0 aliphatic heterocycles. The van der Waals surface area contributed by atoms with E-state index < -0.39 is 8.80 Å². The molecule has 0 saturated carbocycles. The van der Waals surface area contributed by atoms with E-state index in [1.165, 1.54) is 5.20 Å². The zero-order valence-corrected chi connectivity index (χ0v) is 11.8. The lowest BCUT2D eigenvalue weighted by molar-refractivity contribution is 0.0694. The Balaban J connectivity index is 2.56. The lowest BCUT2D eigenvalue weighted by Gasteiger charge is -2.27. The summed E-state index contributed by atoms with van der Waals surface area (Å²) in [7, 11) is -2.46. The van der Waals surface area contributed by atoms with Gasteiger partial charge in [0.15, 0.2) is 0 Å². The lowest BCUT2D eigenvalue weighted by atomic mass is 10.5. The van der Waals surface area contributed by atoms with Crippen LogP contribution in [0.1, 0.15) is 46.5 Å². The van der Waals surface area contributed by atoms with Gasteiger partial charge < -0.3 is 13.3 Å². The van der Waals surface area contributed by atoms with Gasteiger partial charge in [0.25, 0.3) is 0 Å². The maximum Gasteiger partial charge on any atom is 0.533 e. The Morgan fingerprint density at radius 1 is 0.938 bits per heavy atom. The maximum atomic E-state index is 5.93. The molecule has 0 radical (unpaired) electrons. The van der Waals surface area contributed by atoms with Crippen LogP contribution in [0.5, 0.6) is 0 Å². The van der Waals surface area contributed by atoms with Crippen molar-refractivity contribution in [3.63, 3.8) is 0 Å². The highest BCUT2D eigenvalue weighted by Crippen LogP contribution is 2.33. The Hall–Kier alpha value is -0.163. The van der Waals surface area contributed by atoms with Crippen LogP contribution in [0.25, 0.3) is 0 Å². The molecule has 0 fully saturated rings. The van der Waals surface area contributed by atoms with Gasteiger partial charge in [-0.2, -0.15) is 0 Å². The third-order valence-corrected chi connectivity index (χ3v) is 5.24. The SMILES string of the molecule is CCCO[Si](OCCC)(OCCC)C1=CC1. The van der Waals surface area contributed by atoms with Crippen molar-refractivity contribution < 1.29 is 13.3 Å². The first-order valence-electron chi connectivity index (χ1n) is 6.40. The fourth-order valence-electron chi connectivity index (χ4n) is 1.41. The van der Waals surface area contributed by atoms with Gasteiger partial charge in [0.2, 0.25) is 0 Å². The molecule has 1 rings (SSSR count). The van der Waals surface area contributed by atoms with E-state index in [1.54, 1.807) is 0 Å². The van der Waals surface area contributed by atoms with Crippen LogP contribution in [-0.4, -0.2) is 28.6 Å². The highest BCUT2D eigenvalue weighted by molar-refractivity contribution is 6.70. The fourth-order valence-corrected chi connectivity index (χ4v) is 4.24. The Kier molecular flexibility index (Phi) is 6.27. The van der Waals surface area contributed by atoms with E-state index >= 15 is 0 Å². The van der Waals surface area contributed by atoms with E-state index in [2.05, 4.69) is 26.8 Å². The molecule has 0 unspecified atom stereocenters. The van der Waals surface area contributed by atoms with Crippen LogP contribution < -0.4 is 0 Å². The van der Waals surface area contributed by atoms with E-state index in [-0.39, 0.29) is 0 Å². The van der Waals surface area contributed by atoms with Crippen LogP contribution in [0.4, 0.5) is 0 Å². The van der Waals surface area contributed by atoms with Gasteiger partial charge in [0, 0.05) is 25.0 Å². The van der Waals surface area contributed by atoms with Crippen molar-refractivity contribution in [2.45, 2.75) is 46.5 Å². The Labute approximate surface area is 100 Å². The molecule has 0 saturated heterocycles. The first-order valence-corrected chi connectivity index (χ1v) is 8.12. The predicted octanol–water partition coefficient (Wildman–Crippen LogP) is 3.07. The largest absolute Gasteiger partial charge is 0.533 e. The molecule has 0 aromatic carbocycles. The second kappa shape index (κ2) is 7.22. The molecule has 94 valence electrons. The molecule has 0 heterocycles. The molecule has 4 heteroatoms. The Morgan fingerprint density at radius 2 is 1.31 bits per heavy atom. The summed E-state index contributed by atoms with van der Waals surface area (Å²) in [5.41, 5.74) is 0. The van der Waals surface area contributed by atoms with Crippen LogP contribution in [0.2, 0.25) is 0 Å². The van der Waals surface area contributed by atoms with E-state index in [4.69, 9.17) is 13.3 Å². The van der Waals surface area contributed by atoms with Crippen molar-refractivity contribution in [2.75, 3.05) is 19.8 Å². The van der Waals surface area contributed by atoms with Crippen molar-refractivity contribution in [1.29, 1.82) is 0 Å². The molecule has 0 amide bonds. The minimum absolute atomic E-state index is 0.733. The van der Waals surface area contributed by atoms with Gasteiger partial charge in [-0.25, -0.2) is 0 Å². The summed E-state index contributed by atoms with van der Waals surface area (Å²) >= 11 is 0. The van der Waals surface area contributed by atoms with E-state index in [1.807, 2.05) is 0 Å². The molecule has 0 spiro atoms. The molecule has 0 bridgehead atoms. The second-order valence-electron chi connectivity index (χ2n) is 4.04. The van der Waals surface area contributed by atoms with Crippen LogP contribution in [-0.2, 0) is 13.3 Å². The predicted molar refractivity (Wildman–Crippen MR) is 67.2 cm³/mol. The van der Waals surface area contributed by atoms with Gasteiger partial charge in [0.05, 0.1) is 0 Å². The number of hydrogen-bond acceptors (Lipinski definition) is 3. The standard InChI is InChI=1S/C12H24O3Si/c1-4-9-13-16(12-7-8-12,14-10-5-2)15-11-6-3/h7H,4-6,8-11H2,1-3H3. The Bertz CT molecular complexity index is 207. The Morgan fingerprint density at radius 3 is 1.56 bits per heavy atom. The minimum Gasteiger partial charge on any atom is -0.370 e. The molecular weight excluding hydrogens is 220 g/mol. The lowest BCUT2D eigenvalue weighted by Crippen LogP contribution is -2.46. The number of allylic oxidation sites excluding steroid dienone is 2. The van der Waals surface area contributed by atoms with Gasteiger partial charge in [0.1, 0.15) is 0 Å². The molecule has 3 nitrogen and oxygen atoms in total. The van der Waals surface area contributed by atoms with Gasteiger partial charge >= 0.3 is 8.80 Å². The molecule has 0 atom stereocenters. The highest BCUT2D eigenvalue weighted by atomic mass is 28.4. The van der Waals surface area contributed by atoms with Crippen molar-refractivity contribution in [3.8, 4) is 0 Å². The van der Waals surface area contributed by atoms with Crippen LogP contribution in [0.15, 0.2) is 11.3 Å². The smallest absolute Gasteiger partial charge is 0.370 e. The molecule has 0 N–H and O–H groups in total. The molecule has 16 heavy (non-hydrogen) atoms.